The zero-order chi connectivity index (χ0) is 19.1. The van der Waals surface area contributed by atoms with E-state index in [9.17, 15) is 4.79 Å². The minimum atomic E-state index is -0.178. The number of ether oxygens (including phenoxy) is 5. The third-order valence-electron chi connectivity index (χ3n) is 3.82. The summed E-state index contributed by atoms with van der Waals surface area (Å²) >= 11 is 0. The van der Waals surface area contributed by atoms with E-state index in [0.29, 0.717) is 39.9 Å². The van der Waals surface area contributed by atoms with E-state index >= 15 is 0 Å². The molecule has 138 valence electrons. The fourth-order valence-electron chi connectivity index (χ4n) is 2.51. The Morgan fingerprint density at radius 1 is 0.731 bits per heavy atom. The molecule has 0 saturated carbocycles. The van der Waals surface area contributed by atoms with Crippen molar-refractivity contribution >= 4 is 11.9 Å². The van der Waals surface area contributed by atoms with Crippen LogP contribution in [0.25, 0.3) is 6.08 Å². The Balaban J connectivity index is 2.33. The number of benzene rings is 2. The monoisotopic (exact) mass is 358 g/mol. The van der Waals surface area contributed by atoms with Crippen LogP contribution in [0.4, 0.5) is 0 Å². The quantitative estimate of drug-likeness (QED) is 0.530. The highest BCUT2D eigenvalue weighted by Gasteiger charge is 2.15. The van der Waals surface area contributed by atoms with Crippen molar-refractivity contribution in [1.82, 2.24) is 0 Å². The van der Waals surface area contributed by atoms with Crippen LogP contribution in [0, 0.1) is 0 Å². The van der Waals surface area contributed by atoms with Gasteiger partial charge in [0.15, 0.2) is 28.8 Å². The first kappa shape index (κ1) is 19.2. The van der Waals surface area contributed by atoms with Crippen LogP contribution in [0.2, 0.25) is 0 Å². The summed E-state index contributed by atoms with van der Waals surface area (Å²) in [7, 11) is 7.68. The third-order valence-corrected chi connectivity index (χ3v) is 3.82. The van der Waals surface area contributed by atoms with Crippen molar-refractivity contribution in [2.75, 3.05) is 35.5 Å². The van der Waals surface area contributed by atoms with E-state index in [2.05, 4.69) is 0 Å². The number of ketones is 1. The zero-order valence-corrected chi connectivity index (χ0v) is 15.5. The van der Waals surface area contributed by atoms with Gasteiger partial charge in [-0.2, -0.15) is 0 Å². The maximum Gasteiger partial charge on any atom is 0.203 e. The van der Waals surface area contributed by atoms with Gasteiger partial charge in [-0.1, -0.05) is 0 Å². The minimum absolute atomic E-state index is 0.178. The van der Waals surface area contributed by atoms with E-state index < -0.39 is 0 Å². The van der Waals surface area contributed by atoms with Crippen molar-refractivity contribution in [1.29, 1.82) is 0 Å². The molecule has 0 saturated heterocycles. The number of rotatable bonds is 8. The van der Waals surface area contributed by atoms with Gasteiger partial charge in [-0.25, -0.2) is 0 Å². The lowest BCUT2D eigenvalue weighted by molar-refractivity contribution is 0.104. The molecular formula is C20H22O6. The van der Waals surface area contributed by atoms with Gasteiger partial charge in [0.25, 0.3) is 0 Å². The molecule has 0 heterocycles. The Labute approximate surface area is 152 Å². The van der Waals surface area contributed by atoms with E-state index in [1.807, 2.05) is 0 Å². The predicted octanol–water partition coefficient (Wildman–Crippen LogP) is 3.63. The van der Waals surface area contributed by atoms with Gasteiger partial charge < -0.3 is 23.7 Å². The van der Waals surface area contributed by atoms with Gasteiger partial charge in [-0.05, 0) is 42.5 Å². The summed E-state index contributed by atoms with van der Waals surface area (Å²) in [5.74, 6) is 2.39. The van der Waals surface area contributed by atoms with Crippen LogP contribution in [0.1, 0.15) is 15.9 Å². The molecule has 26 heavy (non-hydrogen) atoms. The summed E-state index contributed by atoms with van der Waals surface area (Å²) in [6.07, 6.45) is 3.13. The van der Waals surface area contributed by atoms with Crippen molar-refractivity contribution < 1.29 is 28.5 Å². The topological polar surface area (TPSA) is 63.2 Å². The summed E-state index contributed by atoms with van der Waals surface area (Å²) < 4.78 is 26.4. The van der Waals surface area contributed by atoms with Crippen LogP contribution in [0.15, 0.2) is 36.4 Å². The van der Waals surface area contributed by atoms with Gasteiger partial charge in [0.05, 0.1) is 35.5 Å². The summed E-state index contributed by atoms with van der Waals surface area (Å²) in [6, 6.07) is 8.55. The van der Waals surface area contributed by atoms with Crippen LogP contribution < -0.4 is 23.7 Å². The van der Waals surface area contributed by atoms with E-state index in [-0.39, 0.29) is 5.78 Å². The van der Waals surface area contributed by atoms with Crippen LogP contribution in [0.5, 0.6) is 28.7 Å². The SMILES string of the molecule is COc1ccc(C(=O)C=Cc2ccc(OC)c(OC)c2OC)cc1OC. The van der Waals surface area contributed by atoms with Gasteiger partial charge >= 0.3 is 0 Å². The molecule has 0 aliphatic heterocycles. The molecule has 2 rings (SSSR count). The summed E-state index contributed by atoms with van der Waals surface area (Å²) in [5, 5.41) is 0. The Kier molecular flexibility index (Phi) is 6.49. The van der Waals surface area contributed by atoms with Crippen molar-refractivity contribution in [2.45, 2.75) is 0 Å². The standard InChI is InChI=1S/C20H22O6/c1-22-16-10-8-14(12-18(16)24-3)15(21)9-6-13-7-11-17(23-2)20(26-5)19(13)25-4/h6-12H,1-5H3. The van der Waals surface area contributed by atoms with E-state index in [0.717, 1.165) is 0 Å². The molecule has 0 aliphatic rings. The summed E-state index contributed by atoms with van der Waals surface area (Å²) in [4.78, 5) is 12.5. The van der Waals surface area contributed by atoms with Gasteiger partial charge in [0.1, 0.15) is 0 Å². The molecule has 0 aromatic heterocycles. The second-order valence-corrected chi connectivity index (χ2v) is 5.19. The maximum atomic E-state index is 12.5. The highest BCUT2D eigenvalue weighted by molar-refractivity contribution is 6.07. The molecule has 0 atom stereocenters. The Hall–Kier alpha value is -3.15. The van der Waals surface area contributed by atoms with Crippen molar-refractivity contribution in [3.8, 4) is 28.7 Å². The molecule has 0 aliphatic carbocycles. The zero-order valence-electron chi connectivity index (χ0n) is 15.5. The molecule has 0 radical (unpaired) electrons. The molecule has 0 amide bonds. The predicted molar refractivity (Wildman–Crippen MR) is 99.0 cm³/mol. The van der Waals surface area contributed by atoms with Crippen LogP contribution >= 0.6 is 0 Å². The fraction of sp³-hybridized carbons (Fsp3) is 0.250. The van der Waals surface area contributed by atoms with Crippen molar-refractivity contribution in [3.05, 3.63) is 47.5 Å². The number of carbonyl (C=O) groups is 1. The largest absolute Gasteiger partial charge is 0.493 e. The highest BCUT2D eigenvalue weighted by atomic mass is 16.5. The lowest BCUT2D eigenvalue weighted by Gasteiger charge is -2.14. The molecule has 0 spiro atoms. The number of allylic oxidation sites excluding steroid dienone is 1. The smallest absolute Gasteiger partial charge is 0.203 e. The van der Waals surface area contributed by atoms with Gasteiger partial charge in [-0.15, -0.1) is 0 Å². The molecule has 0 N–H and O–H groups in total. The van der Waals surface area contributed by atoms with Gasteiger partial charge in [0, 0.05) is 11.1 Å². The second kappa shape index (κ2) is 8.80. The normalized spacial score (nSPS) is 10.5. The number of methoxy groups -OCH3 is 5. The molecule has 0 fully saturated rings. The minimum Gasteiger partial charge on any atom is -0.493 e. The molecule has 0 bridgehead atoms. The number of hydrogen-bond donors (Lipinski definition) is 0. The lowest BCUT2D eigenvalue weighted by atomic mass is 10.1. The highest BCUT2D eigenvalue weighted by Crippen LogP contribution is 2.40. The van der Waals surface area contributed by atoms with Crippen LogP contribution in [0.3, 0.4) is 0 Å². The molecule has 0 unspecified atom stereocenters. The van der Waals surface area contributed by atoms with E-state index in [4.69, 9.17) is 23.7 Å². The van der Waals surface area contributed by atoms with Crippen LogP contribution in [-0.2, 0) is 0 Å². The molecule has 2 aromatic rings. The molecule has 6 heteroatoms. The lowest BCUT2D eigenvalue weighted by Crippen LogP contribution is -1.98. The first-order valence-corrected chi connectivity index (χ1v) is 7.83. The Morgan fingerprint density at radius 2 is 1.35 bits per heavy atom. The average molecular weight is 358 g/mol. The Morgan fingerprint density at radius 3 is 1.92 bits per heavy atom. The van der Waals surface area contributed by atoms with Crippen molar-refractivity contribution in [2.24, 2.45) is 0 Å². The molecular weight excluding hydrogens is 336 g/mol. The molecule has 2 aromatic carbocycles. The van der Waals surface area contributed by atoms with Gasteiger partial charge in [0.2, 0.25) is 5.75 Å². The first-order chi connectivity index (χ1) is 12.6. The van der Waals surface area contributed by atoms with E-state index in [1.54, 1.807) is 50.6 Å². The number of hydrogen-bond acceptors (Lipinski definition) is 6. The molecule has 6 nitrogen and oxygen atoms in total. The summed E-state index contributed by atoms with van der Waals surface area (Å²) in [6.45, 7) is 0. The fourth-order valence-corrected chi connectivity index (χ4v) is 2.51. The third kappa shape index (κ3) is 3.91. The van der Waals surface area contributed by atoms with Crippen molar-refractivity contribution in [3.63, 3.8) is 0 Å². The van der Waals surface area contributed by atoms with Crippen LogP contribution in [-0.4, -0.2) is 41.3 Å². The van der Waals surface area contributed by atoms with E-state index in [1.165, 1.54) is 27.4 Å². The Bertz CT molecular complexity index is 810. The first-order valence-electron chi connectivity index (χ1n) is 7.83. The maximum absolute atomic E-state index is 12.5. The average Bonchev–Trinajstić information content (AvgIpc) is 2.70. The second-order valence-electron chi connectivity index (χ2n) is 5.19. The number of carbonyl (C=O) groups excluding carboxylic acids is 1. The summed E-state index contributed by atoms with van der Waals surface area (Å²) in [5.41, 5.74) is 1.18. The van der Waals surface area contributed by atoms with Gasteiger partial charge in [-0.3, -0.25) is 4.79 Å².